The molecule has 0 saturated heterocycles. The van der Waals surface area contributed by atoms with Gasteiger partial charge in [0.25, 0.3) is 0 Å². The molecule has 0 bridgehead atoms. The molecular weight excluding hydrogens is 265 g/mol. The van der Waals surface area contributed by atoms with E-state index in [0.29, 0.717) is 11.5 Å². The quantitative estimate of drug-likeness (QED) is 0.714. The molecule has 0 atom stereocenters. The summed E-state index contributed by atoms with van der Waals surface area (Å²) in [6.07, 6.45) is 0. The van der Waals surface area contributed by atoms with Gasteiger partial charge in [-0.25, -0.2) is 0 Å². The SMILES string of the molecule is Cl[SH](Cl)CCS(Cl)(Cl)Cl. The average molecular weight is 270 g/mol. The Bertz CT molecular complexity index is 77.5. The summed E-state index contributed by atoms with van der Waals surface area (Å²) >= 11 is 0. The Morgan fingerprint density at radius 2 is 1.56 bits per heavy atom. The highest BCUT2D eigenvalue weighted by Crippen LogP contribution is 2.64. The monoisotopic (exact) mass is 268 g/mol. The number of rotatable bonds is 3. The van der Waals surface area contributed by atoms with Gasteiger partial charge in [-0.1, -0.05) is 30.7 Å². The maximum Gasteiger partial charge on any atom is 0.0260 e. The van der Waals surface area contributed by atoms with Crippen molar-refractivity contribution in [2.24, 2.45) is 0 Å². The Labute approximate surface area is 81.3 Å². The number of halogens is 5. The van der Waals surface area contributed by atoms with Crippen LogP contribution in [0.2, 0.25) is 0 Å². The molecule has 0 radical (unpaired) electrons. The summed E-state index contributed by atoms with van der Waals surface area (Å²) in [5.74, 6) is 1.10. The molecular formula is C2H5Cl5S2. The van der Waals surface area contributed by atoms with Crippen LogP contribution in [0.3, 0.4) is 0 Å². The van der Waals surface area contributed by atoms with E-state index in [0.717, 1.165) is 0 Å². The highest BCUT2D eigenvalue weighted by Gasteiger charge is 2.13. The molecule has 0 aromatic rings. The van der Waals surface area contributed by atoms with Gasteiger partial charge in [-0.3, -0.25) is 0 Å². The molecule has 0 amide bonds. The van der Waals surface area contributed by atoms with E-state index in [9.17, 15) is 0 Å². The highest BCUT2D eigenvalue weighted by atomic mass is 36.2. The van der Waals surface area contributed by atoms with Gasteiger partial charge in [0.05, 0.1) is 0 Å². The van der Waals surface area contributed by atoms with Crippen molar-refractivity contribution < 1.29 is 0 Å². The predicted octanol–water partition coefficient (Wildman–Crippen LogP) is 4.56. The molecule has 0 spiro atoms. The second-order valence-electron chi connectivity index (χ2n) is 1.23. The molecule has 0 aliphatic rings. The minimum absolute atomic E-state index is 0.496. The fraction of sp³-hybridized carbons (Fsp3) is 1.00. The van der Waals surface area contributed by atoms with E-state index in [1.165, 1.54) is 0 Å². The summed E-state index contributed by atoms with van der Waals surface area (Å²) in [5, 5.41) is 0. The van der Waals surface area contributed by atoms with E-state index in [1.807, 2.05) is 0 Å². The van der Waals surface area contributed by atoms with E-state index in [2.05, 4.69) is 0 Å². The fourth-order valence-electron chi connectivity index (χ4n) is 0.173. The summed E-state index contributed by atoms with van der Waals surface area (Å²) in [4.78, 5) is 0. The van der Waals surface area contributed by atoms with Crippen molar-refractivity contribution >= 4 is 70.4 Å². The van der Waals surface area contributed by atoms with Crippen LogP contribution in [0.15, 0.2) is 0 Å². The summed E-state index contributed by atoms with van der Waals surface area (Å²) in [6.45, 7) is 0. The molecule has 0 rings (SSSR count). The maximum atomic E-state index is 5.48. The molecule has 0 aromatic carbocycles. The van der Waals surface area contributed by atoms with Crippen LogP contribution in [0.1, 0.15) is 0 Å². The Morgan fingerprint density at radius 1 is 1.11 bits per heavy atom. The minimum Gasteiger partial charge on any atom is -0.0952 e. The second kappa shape index (κ2) is 4.91. The van der Waals surface area contributed by atoms with Gasteiger partial charge in [-0.15, -0.1) is 0 Å². The molecule has 0 N–H and O–H groups in total. The lowest BCUT2D eigenvalue weighted by Crippen LogP contribution is -1.87. The van der Waals surface area contributed by atoms with Crippen LogP contribution in [0.5, 0.6) is 0 Å². The number of hydrogen-bond acceptors (Lipinski definition) is 0. The van der Waals surface area contributed by atoms with Gasteiger partial charge in [0.2, 0.25) is 0 Å². The van der Waals surface area contributed by atoms with Crippen LogP contribution >= 0.6 is 70.4 Å². The molecule has 0 saturated carbocycles. The zero-order chi connectivity index (χ0) is 7.49. The van der Waals surface area contributed by atoms with Crippen LogP contribution < -0.4 is 0 Å². The zero-order valence-corrected chi connectivity index (χ0v) is 9.65. The predicted molar refractivity (Wildman–Crippen MR) is 55.6 cm³/mol. The second-order valence-corrected chi connectivity index (χ2v) is 12.8. The van der Waals surface area contributed by atoms with Crippen molar-refractivity contribution in [1.82, 2.24) is 0 Å². The fourth-order valence-corrected chi connectivity index (χ4v) is 4.66. The third-order valence-corrected chi connectivity index (χ3v) is 4.43. The normalized spacial score (nSPS) is 15.4. The molecule has 0 nitrogen and oxygen atoms in total. The summed E-state index contributed by atoms with van der Waals surface area (Å²) in [5.41, 5.74) is 0. The average Bonchev–Trinajstić information content (AvgIpc) is 1.59. The first-order valence-corrected chi connectivity index (χ1v) is 9.52. The molecule has 0 fully saturated rings. The highest BCUT2D eigenvalue weighted by molar-refractivity contribution is 8.79. The van der Waals surface area contributed by atoms with Crippen molar-refractivity contribution in [3.63, 3.8) is 0 Å². The maximum absolute atomic E-state index is 5.48. The van der Waals surface area contributed by atoms with Crippen LogP contribution in [0.25, 0.3) is 0 Å². The summed E-state index contributed by atoms with van der Waals surface area (Å²) < 4.78 is 0. The standard InChI is InChI=1S/C2H5Cl5S2/c3-8(4)1-2-9(5,6)7/h8H,1-2H2. The molecule has 0 unspecified atom stereocenters. The van der Waals surface area contributed by atoms with Crippen LogP contribution in [-0.4, -0.2) is 11.5 Å². The Balaban J connectivity index is 3.28. The van der Waals surface area contributed by atoms with E-state index in [1.54, 1.807) is 0 Å². The Kier molecular flexibility index (Phi) is 6.09. The number of thiol groups is 1. The van der Waals surface area contributed by atoms with Crippen LogP contribution in [-0.2, 0) is 0 Å². The van der Waals surface area contributed by atoms with Crippen molar-refractivity contribution in [3.05, 3.63) is 0 Å². The van der Waals surface area contributed by atoms with Gasteiger partial charge in [-0.05, 0) is 39.7 Å². The molecule has 0 aliphatic heterocycles. The smallest absolute Gasteiger partial charge is 0.0260 e. The molecule has 0 aromatic heterocycles. The van der Waals surface area contributed by atoms with Crippen molar-refractivity contribution in [2.75, 3.05) is 11.5 Å². The summed E-state index contributed by atoms with van der Waals surface area (Å²) in [7, 11) is 24.4. The molecule has 60 valence electrons. The lowest BCUT2D eigenvalue weighted by molar-refractivity contribution is 1.57. The van der Waals surface area contributed by atoms with Crippen LogP contribution in [0.4, 0.5) is 0 Å². The topological polar surface area (TPSA) is 0 Å². The first kappa shape index (κ1) is 11.2. The van der Waals surface area contributed by atoms with Gasteiger partial charge in [0.1, 0.15) is 0 Å². The number of hydrogen-bond donors (Lipinski definition) is 1. The van der Waals surface area contributed by atoms with Gasteiger partial charge >= 0.3 is 0 Å². The van der Waals surface area contributed by atoms with Gasteiger partial charge in [-0.2, -0.15) is 0 Å². The van der Waals surface area contributed by atoms with Crippen molar-refractivity contribution in [3.8, 4) is 0 Å². The van der Waals surface area contributed by atoms with E-state index >= 15 is 0 Å². The van der Waals surface area contributed by atoms with Crippen LogP contribution in [0, 0.1) is 0 Å². The van der Waals surface area contributed by atoms with E-state index < -0.39 is 17.0 Å². The summed E-state index contributed by atoms with van der Waals surface area (Å²) in [6, 6.07) is 0. The molecule has 0 aliphatic carbocycles. The lowest BCUT2D eigenvalue weighted by atomic mass is 11.0. The third-order valence-electron chi connectivity index (χ3n) is 0.492. The van der Waals surface area contributed by atoms with Gasteiger partial charge < -0.3 is 0 Å². The van der Waals surface area contributed by atoms with Crippen molar-refractivity contribution in [1.29, 1.82) is 0 Å². The van der Waals surface area contributed by atoms with E-state index in [4.69, 9.17) is 53.4 Å². The largest absolute Gasteiger partial charge is 0.0952 e. The third kappa shape index (κ3) is 10.2. The molecule has 9 heavy (non-hydrogen) atoms. The van der Waals surface area contributed by atoms with E-state index in [-0.39, 0.29) is 0 Å². The zero-order valence-electron chi connectivity index (χ0n) is 4.16. The first-order valence-electron chi connectivity index (χ1n) is 1.91. The van der Waals surface area contributed by atoms with Crippen molar-refractivity contribution in [2.45, 2.75) is 0 Å². The lowest BCUT2D eigenvalue weighted by Gasteiger charge is -2.15. The molecule has 7 heteroatoms. The van der Waals surface area contributed by atoms with Gasteiger partial charge in [0.15, 0.2) is 0 Å². The van der Waals surface area contributed by atoms with Gasteiger partial charge in [0, 0.05) is 11.5 Å². The first-order chi connectivity index (χ1) is 3.92. The Morgan fingerprint density at radius 3 is 1.67 bits per heavy atom. The Hall–Kier alpha value is 2.15. The molecule has 0 heterocycles. The minimum atomic E-state index is -1.96.